The van der Waals surface area contributed by atoms with Gasteiger partial charge in [-0.2, -0.15) is 10.2 Å². The fourth-order valence-electron chi connectivity index (χ4n) is 3.01. The summed E-state index contributed by atoms with van der Waals surface area (Å²) in [5.74, 6) is 0.756. The van der Waals surface area contributed by atoms with Crippen LogP contribution in [0, 0.1) is 11.3 Å². The maximum Gasteiger partial charge on any atom is 0.232 e. The van der Waals surface area contributed by atoms with Gasteiger partial charge in [-0.15, -0.1) is 0 Å². The number of nitrogens with zero attached hydrogens (tertiary/aromatic N) is 4. The lowest BCUT2D eigenvalue weighted by molar-refractivity contribution is 0.310. The molecule has 0 amide bonds. The summed E-state index contributed by atoms with van der Waals surface area (Å²) in [4.78, 5) is 8.50. The summed E-state index contributed by atoms with van der Waals surface area (Å²) in [5, 5.41) is 13.3. The Morgan fingerprint density at radius 2 is 1.72 bits per heavy atom. The minimum absolute atomic E-state index is 0.0989. The molecule has 1 aromatic heterocycles. The standard InChI is InChI=1S/C22H24ClN5O/c1-27(2)18-11-7-15(8-12-18)20(28(3)4)14-25-22-19(13-24)26-21(29-22)16-5-9-17(23)10-6-16/h5-12,20,25H,14H2,1-4H3/t20-/m0/s1. The van der Waals surface area contributed by atoms with Crippen LogP contribution in [0.25, 0.3) is 11.5 Å². The number of aromatic nitrogens is 1. The van der Waals surface area contributed by atoms with Crippen LogP contribution in [0.5, 0.6) is 0 Å². The summed E-state index contributed by atoms with van der Waals surface area (Å²) in [6.07, 6.45) is 0. The van der Waals surface area contributed by atoms with Gasteiger partial charge in [0.2, 0.25) is 17.5 Å². The first-order valence-corrected chi connectivity index (χ1v) is 9.61. The Morgan fingerprint density at radius 1 is 1.07 bits per heavy atom. The molecule has 1 N–H and O–H groups in total. The number of halogens is 1. The van der Waals surface area contributed by atoms with Crippen LogP contribution in [0.1, 0.15) is 17.3 Å². The molecule has 0 radical (unpaired) electrons. The lowest BCUT2D eigenvalue weighted by Gasteiger charge is -2.25. The molecule has 0 saturated carbocycles. The van der Waals surface area contributed by atoms with Crippen LogP contribution in [0.4, 0.5) is 11.6 Å². The van der Waals surface area contributed by atoms with Crippen LogP contribution in [-0.4, -0.2) is 44.6 Å². The molecule has 6 nitrogen and oxygen atoms in total. The Labute approximate surface area is 176 Å². The number of likely N-dealkylation sites (N-methyl/N-ethyl adjacent to an activating group) is 1. The van der Waals surface area contributed by atoms with E-state index in [4.69, 9.17) is 16.0 Å². The van der Waals surface area contributed by atoms with Crippen molar-refractivity contribution in [2.24, 2.45) is 0 Å². The van der Waals surface area contributed by atoms with Crippen LogP contribution in [-0.2, 0) is 0 Å². The van der Waals surface area contributed by atoms with Gasteiger partial charge in [0, 0.05) is 36.9 Å². The van der Waals surface area contributed by atoms with Gasteiger partial charge in [0.25, 0.3) is 0 Å². The van der Waals surface area contributed by atoms with Crippen molar-refractivity contribution in [1.82, 2.24) is 9.88 Å². The lowest BCUT2D eigenvalue weighted by atomic mass is 10.1. The molecule has 1 atom stereocenters. The number of hydrogen-bond acceptors (Lipinski definition) is 6. The summed E-state index contributed by atoms with van der Waals surface area (Å²) in [5.41, 5.74) is 3.32. The van der Waals surface area contributed by atoms with Gasteiger partial charge in [0.15, 0.2) is 0 Å². The van der Waals surface area contributed by atoms with Gasteiger partial charge in [-0.05, 0) is 56.1 Å². The largest absolute Gasteiger partial charge is 0.419 e. The Kier molecular flexibility index (Phi) is 6.42. The van der Waals surface area contributed by atoms with Gasteiger partial charge in [0.1, 0.15) is 6.07 Å². The van der Waals surface area contributed by atoms with E-state index in [1.165, 1.54) is 5.56 Å². The molecule has 150 valence electrons. The van der Waals surface area contributed by atoms with Crippen LogP contribution in [0.3, 0.4) is 0 Å². The van der Waals surface area contributed by atoms with Crippen molar-refractivity contribution in [2.45, 2.75) is 6.04 Å². The molecule has 7 heteroatoms. The number of benzene rings is 2. The molecular formula is C22H24ClN5O. The number of anilines is 2. The van der Waals surface area contributed by atoms with Gasteiger partial charge in [-0.25, -0.2) is 0 Å². The highest BCUT2D eigenvalue weighted by Gasteiger charge is 2.19. The second-order valence-electron chi connectivity index (χ2n) is 7.16. The van der Waals surface area contributed by atoms with Crippen molar-refractivity contribution in [1.29, 1.82) is 5.26 Å². The number of nitrogens with one attached hydrogen (secondary N) is 1. The van der Waals surface area contributed by atoms with Gasteiger partial charge in [0.05, 0.1) is 6.04 Å². The third kappa shape index (κ3) is 4.89. The molecule has 0 aliphatic heterocycles. The smallest absolute Gasteiger partial charge is 0.232 e. The normalized spacial score (nSPS) is 11.9. The Morgan fingerprint density at radius 3 is 2.28 bits per heavy atom. The highest BCUT2D eigenvalue weighted by molar-refractivity contribution is 6.30. The molecule has 29 heavy (non-hydrogen) atoms. The molecule has 2 aromatic carbocycles. The average Bonchev–Trinajstić information content (AvgIpc) is 3.12. The molecule has 3 rings (SSSR count). The van der Waals surface area contributed by atoms with Crippen molar-refractivity contribution >= 4 is 23.2 Å². The van der Waals surface area contributed by atoms with Crippen molar-refractivity contribution in [3.8, 4) is 17.5 Å². The third-order valence-corrected chi connectivity index (χ3v) is 4.95. The number of rotatable bonds is 7. The predicted molar refractivity (Wildman–Crippen MR) is 117 cm³/mol. The predicted octanol–water partition coefficient (Wildman–Crippen LogP) is 4.65. The average molecular weight is 410 g/mol. The Hall–Kier alpha value is -3.01. The fraction of sp³-hybridized carbons (Fsp3) is 0.273. The van der Waals surface area contributed by atoms with E-state index >= 15 is 0 Å². The molecule has 0 aliphatic carbocycles. The zero-order valence-corrected chi connectivity index (χ0v) is 17.7. The van der Waals surface area contributed by atoms with E-state index in [2.05, 4.69) is 50.4 Å². The molecule has 0 unspecified atom stereocenters. The highest BCUT2D eigenvalue weighted by atomic mass is 35.5. The van der Waals surface area contributed by atoms with Gasteiger partial charge < -0.3 is 19.5 Å². The topological polar surface area (TPSA) is 68.3 Å². The Balaban J connectivity index is 1.79. The monoisotopic (exact) mass is 409 g/mol. The molecule has 3 aromatic rings. The summed E-state index contributed by atoms with van der Waals surface area (Å²) in [6, 6.07) is 17.8. The van der Waals surface area contributed by atoms with Gasteiger partial charge >= 0.3 is 0 Å². The zero-order valence-electron chi connectivity index (χ0n) is 17.0. The van der Waals surface area contributed by atoms with Crippen molar-refractivity contribution < 1.29 is 4.42 Å². The van der Waals surface area contributed by atoms with E-state index in [1.807, 2.05) is 40.3 Å². The first kappa shape index (κ1) is 20.7. The van der Waals surface area contributed by atoms with Crippen molar-refractivity contribution in [3.05, 3.63) is 64.8 Å². The maximum atomic E-state index is 9.45. The van der Waals surface area contributed by atoms with Gasteiger partial charge in [-0.3, -0.25) is 0 Å². The van der Waals surface area contributed by atoms with E-state index in [0.29, 0.717) is 23.3 Å². The van der Waals surface area contributed by atoms with E-state index in [-0.39, 0.29) is 11.7 Å². The lowest BCUT2D eigenvalue weighted by Crippen LogP contribution is -2.27. The number of oxazole rings is 1. The van der Waals surface area contributed by atoms with Crippen molar-refractivity contribution in [2.75, 3.05) is 45.0 Å². The zero-order chi connectivity index (χ0) is 21.0. The second kappa shape index (κ2) is 8.99. The summed E-state index contributed by atoms with van der Waals surface area (Å²) in [7, 11) is 8.09. The molecule has 0 fully saturated rings. The fourth-order valence-corrected chi connectivity index (χ4v) is 3.14. The molecule has 0 aliphatic rings. The number of nitriles is 1. The van der Waals surface area contributed by atoms with Crippen molar-refractivity contribution in [3.63, 3.8) is 0 Å². The van der Waals surface area contributed by atoms with Crippen LogP contribution >= 0.6 is 11.6 Å². The minimum atomic E-state index is 0.0989. The first-order chi connectivity index (χ1) is 13.9. The maximum absolute atomic E-state index is 9.45. The summed E-state index contributed by atoms with van der Waals surface area (Å²) >= 11 is 5.94. The van der Waals surface area contributed by atoms with E-state index in [0.717, 1.165) is 11.3 Å². The van der Waals surface area contributed by atoms with Crippen LogP contribution in [0.15, 0.2) is 52.9 Å². The highest BCUT2D eigenvalue weighted by Crippen LogP contribution is 2.28. The second-order valence-corrected chi connectivity index (χ2v) is 7.60. The van der Waals surface area contributed by atoms with Gasteiger partial charge in [-0.1, -0.05) is 23.7 Å². The Bertz CT molecular complexity index is 988. The summed E-state index contributed by atoms with van der Waals surface area (Å²) in [6.45, 7) is 0.568. The minimum Gasteiger partial charge on any atom is -0.419 e. The number of hydrogen-bond donors (Lipinski definition) is 1. The molecule has 0 spiro atoms. The molecular weight excluding hydrogens is 386 g/mol. The van der Waals surface area contributed by atoms with Crippen LogP contribution < -0.4 is 10.2 Å². The van der Waals surface area contributed by atoms with E-state index < -0.39 is 0 Å². The third-order valence-electron chi connectivity index (χ3n) is 4.70. The van der Waals surface area contributed by atoms with E-state index in [1.54, 1.807) is 12.1 Å². The summed E-state index contributed by atoms with van der Waals surface area (Å²) < 4.78 is 5.84. The van der Waals surface area contributed by atoms with Crippen LogP contribution in [0.2, 0.25) is 5.02 Å². The van der Waals surface area contributed by atoms with E-state index in [9.17, 15) is 5.26 Å². The quantitative estimate of drug-likeness (QED) is 0.612. The molecule has 0 saturated heterocycles. The SMILES string of the molecule is CN(C)c1ccc([C@H](CNc2oc(-c3ccc(Cl)cc3)nc2C#N)N(C)C)cc1. The molecule has 1 heterocycles. The molecule has 0 bridgehead atoms. The first-order valence-electron chi connectivity index (χ1n) is 9.23.